The van der Waals surface area contributed by atoms with Crippen molar-refractivity contribution in [3.63, 3.8) is 0 Å². The second-order valence-corrected chi connectivity index (χ2v) is 8.19. The third kappa shape index (κ3) is 4.92. The summed E-state index contributed by atoms with van der Waals surface area (Å²) in [6, 6.07) is 13.7. The molecule has 7 heteroatoms. The molecular weight excluding hydrogens is 427 g/mol. The molecule has 31 heavy (non-hydrogen) atoms. The van der Waals surface area contributed by atoms with Crippen LogP contribution in [-0.2, 0) is 10.9 Å². The molecule has 0 aromatic heterocycles. The molecule has 0 saturated carbocycles. The van der Waals surface area contributed by atoms with Gasteiger partial charge in [0.15, 0.2) is 0 Å². The van der Waals surface area contributed by atoms with Crippen LogP contribution in [0, 0.1) is 0 Å². The molecule has 2 atom stereocenters. The first kappa shape index (κ1) is 23.6. The molecule has 3 nitrogen and oxygen atoms in total. The Hall–Kier alpha value is -2.02. The zero-order valence-electron chi connectivity index (χ0n) is 17.5. The van der Waals surface area contributed by atoms with E-state index in [0.717, 1.165) is 36.6 Å². The molecule has 2 aliphatic heterocycles. The van der Waals surface area contributed by atoms with Crippen LogP contribution in [0.25, 0.3) is 5.57 Å². The molecule has 0 unspecified atom stereocenters. The van der Waals surface area contributed by atoms with Crippen molar-refractivity contribution in [3.05, 3.63) is 71.3 Å². The maximum absolute atomic E-state index is 13.4. The van der Waals surface area contributed by atoms with Gasteiger partial charge in [0.2, 0.25) is 0 Å². The van der Waals surface area contributed by atoms with Crippen LogP contribution in [0.5, 0.6) is 5.75 Å². The monoisotopic (exact) mass is 453 g/mol. The normalized spacial score (nSPS) is 23.5. The topological polar surface area (TPSA) is 30.5 Å². The van der Waals surface area contributed by atoms with Gasteiger partial charge in [-0.25, -0.2) is 0 Å². The fourth-order valence-corrected chi connectivity index (χ4v) is 4.34. The van der Waals surface area contributed by atoms with E-state index in [-0.39, 0.29) is 31.2 Å². The SMILES string of the molecule is CC(C)Oc1ccc(C(F)(F)F)cc1C1=C[C@@]2(CCCN[C@H]2c2ccccc2)OC1.Cl. The van der Waals surface area contributed by atoms with E-state index in [2.05, 4.69) is 17.4 Å². The minimum Gasteiger partial charge on any atom is -0.490 e. The predicted molar refractivity (Wildman–Crippen MR) is 118 cm³/mol. The first-order valence-electron chi connectivity index (χ1n) is 10.3. The minimum atomic E-state index is -4.41. The van der Waals surface area contributed by atoms with Gasteiger partial charge >= 0.3 is 6.18 Å². The first-order chi connectivity index (χ1) is 14.3. The fraction of sp³-hybridized carbons (Fsp3) is 0.417. The van der Waals surface area contributed by atoms with E-state index in [1.165, 1.54) is 12.1 Å². The highest BCUT2D eigenvalue weighted by atomic mass is 35.5. The summed E-state index contributed by atoms with van der Waals surface area (Å²) in [5, 5.41) is 3.54. The highest BCUT2D eigenvalue weighted by molar-refractivity contribution is 5.85. The number of halogens is 4. The third-order valence-electron chi connectivity index (χ3n) is 5.64. The predicted octanol–water partition coefficient (Wildman–Crippen LogP) is 6.19. The maximum Gasteiger partial charge on any atom is 0.416 e. The standard InChI is InChI=1S/C24H26F3NO2.ClH/c1-16(2)30-21-10-9-19(24(25,26)27)13-20(21)18-14-23(29-15-18)11-6-12-28-22(23)17-7-4-3-5-8-17;/h3-5,7-10,13-14,16,22,28H,6,11-12,15H2,1-2H3;1H/t22-,23+;/m0./s1. The Kier molecular flexibility index (Phi) is 7.04. The lowest BCUT2D eigenvalue weighted by molar-refractivity contribution is -0.137. The number of hydrogen-bond donors (Lipinski definition) is 1. The second kappa shape index (κ2) is 9.23. The Morgan fingerprint density at radius 2 is 1.87 bits per heavy atom. The average molecular weight is 454 g/mol. The lowest BCUT2D eigenvalue weighted by Gasteiger charge is -2.40. The third-order valence-corrected chi connectivity index (χ3v) is 5.64. The van der Waals surface area contributed by atoms with Gasteiger partial charge in [0.1, 0.15) is 11.4 Å². The van der Waals surface area contributed by atoms with Crippen molar-refractivity contribution >= 4 is 18.0 Å². The molecule has 0 bridgehead atoms. The van der Waals surface area contributed by atoms with Crippen LogP contribution in [0.4, 0.5) is 13.2 Å². The van der Waals surface area contributed by atoms with Crippen molar-refractivity contribution in [2.45, 2.75) is 50.6 Å². The molecule has 1 fully saturated rings. The summed E-state index contributed by atoms with van der Waals surface area (Å²) in [4.78, 5) is 0. The lowest BCUT2D eigenvalue weighted by atomic mass is 9.81. The Morgan fingerprint density at radius 1 is 1.13 bits per heavy atom. The van der Waals surface area contributed by atoms with Gasteiger partial charge < -0.3 is 14.8 Å². The van der Waals surface area contributed by atoms with Gasteiger partial charge in [-0.05, 0) is 68.6 Å². The molecule has 2 heterocycles. The van der Waals surface area contributed by atoms with Crippen LogP contribution in [0.15, 0.2) is 54.6 Å². The molecule has 2 aromatic rings. The van der Waals surface area contributed by atoms with E-state index in [1.807, 2.05) is 38.1 Å². The Labute approximate surface area is 187 Å². The van der Waals surface area contributed by atoms with Gasteiger partial charge in [0.25, 0.3) is 0 Å². The van der Waals surface area contributed by atoms with Crippen LogP contribution in [0.1, 0.15) is 49.4 Å². The van der Waals surface area contributed by atoms with Crippen LogP contribution in [0.2, 0.25) is 0 Å². The van der Waals surface area contributed by atoms with Gasteiger partial charge in [-0.15, -0.1) is 12.4 Å². The number of rotatable bonds is 4. The van der Waals surface area contributed by atoms with Gasteiger partial charge in [-0.3, -0.25) is 0 Å². The smallest absolute Gasteiger partial charge is 0.416 e. The molecule has 1 saturated heterocycles. The summed E-state index contributed by atoms with van der Waals surface area (Å²) in [5.41, 5.74) is 1.03. The van der Waals surface area contributed by atoms with Gasteiger partial charge in [-0.1, -0.05) is 30.3 Å². The van der Waals surface area contributed by atoms with Crippen molar-refractivity contribution in [3.8, 4) is 5.75 Å². The van der Waals surface area contributed by atoms with Gasteiger partial charge in [-0.2, -0.15) is 13.2 Å². The summed E-state index contributed by atoms with van der Waals surface area (Å²) >= 11 is 0. The summed E-state index contributed by atoms with van der Waals surface area (Å²) < 4.78 is 52.3. The molecule has 4 rings (SSSR count). The van der Waals surface area contributed by atoms with Crippen LogP contribution in [-0.4, -0.2) is 24.9 Å². The molecule has 1 N–H and O–H groups in total. The lowest BCUT2D eigenvalue weighted by Crippen LogP contribution is -2.47. The molecule has 2 aromatic carbocycles. The largest absolute Gasteiger partial charge is 0.490 e. The Bertz CT molecular complexity index is 930. The summed E-state index contributed by atoms with van der Waals surface area (Å²) in [7, 11) is 0. The summed E-state index contributed by atoms with van der Waals surface area (Å²) in [6.45, 7) is 4.85. The van der Waals surface area contributed by atoms with Gasteiger partial charge in [0.05, 0.1) is 24.3 Å². The van der Waals surface area contributed by atoms with Crippen molar-refractivity contribution in [2.24, 2.45) is 0 Å². The molecule has 2 aliphatic rings. The number of ether oxygens (including phenoxy) is 2. The molecule has 0 aliphatic carbocycles. The molecule has 168 valence electrons. The highest BCUT2D eigenvalue weighted by Crippen LogP contribution is 2.46. The zero-order valence-corrected chi connectivity index (χ0v) is 18.4. The number of alkyl halides is 3. The number of nitrogens with one attached hydrogen (secondary N) is 1. The molecule has 0 amide bonds. The van der Waals surface area contributed by atoms with E-state index >= 15 is 0 Å². The Balaban J connectivity index is 0.00000272. The van der Waals surface area contributed by atoms with Crippen molar-refractivity contribution in [2.75, 3.05) is 13.2 Å². The number of benzene rings is 2. The quantitative estimate of drug-likeness (QED) is 0.598. The second-order valence-electron chi connectivity index (χ2n) is 8.19. The van der Waals surface area contributed by atoms with Crippen LogP contribution < -0.4 is 10.1 Å². The van der Waals surface area contributed by atoms with Crippen molar-refractivity contribution in [1.29, 1.82) is 0 Å². The minimum absolute atomic E-state index is 0. The van der Waals surface area contributed by atoms with E-state index < -0.39 is 17.3 Å². The van der Waals surface area contributed by atoms with E-state index in [1.54, 1.807) is 0 Å². The molecule has 0 radical (unpaired) electrons. The summed E-state index contributed by atoms with van der Waals surface area (Å²) in [5.74, 6) is 0.449. The summed E-state index contributed by atoms with van der Waals surface area (Å²) in [6.07, 6.45) is -0.805. The zero-order chi connectivity index (χ0) is 21.4. The number of hydrogen-bond acceptors (Lipinski definition) is 3. The van der Waals surface area contributed by atoms with Crippen LogP contribution >= 0.6 is 12.4 Å². The van der Waals surface area contributed by atoms with Gasteiger partial charge in [0, 0.05) is 5.56 Å². The van der Waals surface area contributed by atoms with Crippen LogP contribution in [0.3, 0.4) is 0 Å². The first-order valence-corrected chi connectivity index (χ1v) is 10.3. The van der Waals surface area contributed by atoms with E-state index in [4.69, 9.17) is 9.47 Å². The highest BCUT2D eigenvalue weighted by Gasteiger charge is 2.45. The molecule has 1 spiro atoms. The fourth-order valence-electron chi connectivity index (χ4n) is 4.34. The van der Waals surface area contributed by atoms with E-state index in [9.17, 15) is 13.2 Å². The Morgan fingerprint density at radius 3 is 2.55 bits per heavy atom. The average Bonchev–Trinajstić information content (AvgIpc) is 3.12. The number of piperidine rings is 1. The van der Waals surface area contributed by atoms with Crippen molar-refractivity contribution < 1.29 is 22.6 Å². The molecular formula is C24H27ClF3NO2. The van der Waals surface area contributed by atoms with Crippen molar-refractivity contribution in [1.82, 2.24) is 5.32 Å². The maximum atomic E-state index is 13.4. The van der Waals surface area contributed by atoms with E-state index in [0.29, 0.717) is 11.3 Å².